The van der Waals surface area contributed by atoms with E-state index in [9.17, 15) is 4.79 Å². The van der Waals surface area contributed by atoms with Crippen LogP contribution in [-0.2, 0) is 4.79 Å². The summed E-state index contributed by atoms with van der Waals surface area (Å²) >= 11 is 0. The molecule has 0 bridgehead atoms. The Morgan fingerprint density at radius 2 is 1.81 bits per heavy atom. The molecule has 0 N–H and O–H groups in total. The Kier molecular flexibility index (Phi) is 5.44. The fourth-order valence-electron chi connectivity index (χ4n) is 4.60. The van der Waals surface area contributed by atoms with Crippen LogP contribution in [0.1, 0.15) is 32.3 Å². The lowest BCUT2D eigenvalue weighted by atomic mass is 9.96. The first kappa shape index (κ1) is 20.4. The van der Waals surface area contributed by atoms with E-state index in [0.717, 1.165) is 64.9 Å². The minimum Gasteiger partial charge on any atom is -0.493 e. The molecule has 4 heteroatoms. The molecule has 32 heavy (non-hydrogen) atoms. The predicted molar refractivity (Wildman–Crippen MR) is 130 cm³/mol. The standard InChI is InChI=1S/C28H27NO3/c1-3-31-26-17-27-24(16-23(26)19(2)15-28(30)29-13-6-7-14-29)25(18-32-27)22-12-8-10-20-9-4-5-11-21(20)22/h4-5,8-12,15-18H,3,6-7,13-14H2,1-2H3/b19-15+. The number of amides is 1. The second-order valence-electron chi connectivity index (χ2n) is 8.31. The Hall–Kier alpha value is -3.53. The highest BCUT2D eigenvalue weighted by atomic mass is 16.5. The first-order chi connectivity index (χ1) is 15.7. The lowest BCUT2D eigenvalue weighted by Crippen LogP contribution is -2.25. The molecule has 4 nitrogen and oxygen atoms in total. The molecule has 0 aliphatic carbocycles. The number of hydrogen-bond donors (Lipinski definition) is 0. The summed E-state index contributed by atoms with van der Waals surface area (Å²) in [4.78, 5) is 14.7. The fourth-order valence-corrected chi connectivity index (χ4v) is 4.60. The maximum atomic E-state index is 12.7. The maximum absolute atomic E-state index is 12.7. The van der Waals surface area contributed by atoms with Gasteiger partial charge in [0, 0.05) is 41.7 Å². The van der Waals surface area contributed by atoms with Crippen LogP contribution < -0.4 is 4.74 Å². The molecule has 0 saturated carbocycles. The van der Waals surface area contributed by atoms with Gasteiger partial charge in [-0.25, -0.2) is 0 Å². The smallest absolute Gasteiger partial charge is 0.246 e. The summed E-state index contributed by atoms with van der Waals surface area (Å²) < 4.78 is 11.9. The van der Waals surface area contributed by atoms with Crippen LogP contribution in [0.3, 0.4) is 0 Å². The molecule has 1 amide bonds. The topological polar surface area (TPSA) is 42.7 Å². The zero-order valence-corrected chi connectivity index (χ0v) is 18.6. The van der Waals surface area contributed by atoms with Crippen LogP contribution in [0.5, 0.6) is 5.75 Å². The minimum absolute atomic E-state index is 0.0732. The fraction of sp³-hybridized carbons (Fsp3) is 0.250. The first-order valence-corrected chi connectivity index (χ1v) is 11.3. The van der Waals surface area contributed by atoms with Crippen molar-refractivity contribution in [3.05, 3.63) is 72.5 Å². The van der Waals surface area contributed by atoms with Crippen molar-refractivity contribution in [3.63, 3.8) is 0 Å². The molecule has 1 aliphatic heterocycles. The normalized spacial score (nSPS) is 14.4. The summed E-state index contributed by atoms with van der Waals surface area (Å²) in [7, 11) is 0. The number of hydrogen-bond acceptors (Lipinski definition) is 3. The van der Waals surface area contributed by atoms with Crippen LogP contribution in [0.15, 0.2) is 71.4 Å². The predicted octanol–water partition coefficient (Wildman–Crippen LogP) is 6.68. The zero-order chi connectivity index (χ0) is 22.1. The van der Waals surface area contributed by atoms with Crippen LogP contribution >= 0.6 is 0 Å². The highest BCUT2D eigenvalue weighted by molar-refractivity contribution is 6.06. The van der Waals surface area contributed by atoms with Crippen LogP contribution in [0.2, 0.25) is 0 Å². The summed E-state index contributed by atoms with van der Waals surface area (Å²) in [5.74, 6) is 0.811. The van der Waals surface area contributed by atoms with E-state index in [1.807, 2.05) is 31.1 Å². The van der Waals surface area contributed by atoms with Crippen molar-refractivity contribution in [2.45, 2.75) is 26.7 Å². The van der Waals surface area contributed by atoms with Gasteiger partial charge in [0.25, 0.3) is 0 Å². The van der Waals surface area contributed by atoms with Crippen LogP contribution in [0.25, 0.3) is 38.4 Å². The zero-order valence-electron chi connectivity index (χ0n) is 18.6. The summed E-state index contributed by atoms with van der Waals surface area (Å²) in [5.41, 5.74) is 4.78. The molecule has 1 saturated heterocycles. The Bertz CT molecular complexity index is 1320. The molecule has 2 heterocycles. The molecule has 0 spiro atoms. The average molecular weight is 426 g/mol. The van der Waals surface area contributed by atoms with Crippen molar-refractivity contribution < 1.29 is 13.9 Å². The molecular weight excluding hydrogens is 398 g/mol. The number of allylic oxidation sites excluding steroid dienone is 1. The van der Waals surface area contributed by atoms with Gasteiger partial charge in [-0.15, -0.1) is 0 Å². The van der Waals surface area contributed by atoms with Crippen molar-refractivity contribution in [2.75, 3.05) is 19.7 Å². The van der Waals surface area contributed by atoms with Gasteiger partial charge in [0.15, 0.2) is 0 Å². The second-order valence-corrected chi connectivity index (χ2v) is 8.31. The van der Waals surface area contributed by atoms with Crippen molar-refractivity contribution in [1.82, 2.24) is 4.90 Å². The number of fused-ring (bicyclic) bond motifs is 2. The number of nitrogens with zero attached hydrogens (tertiary/aromatic N) is 1. The molecule has 1 aliphatic rings. The van der Waals surface area contributed by atoms with Gasteiger partial charge in [-0.3, -0.25) is 4.79 Å². The van der Waals surface area contributed by atoms with E-state index in [1.54, 1.807) is 6.08 Å². The van der Waals surface area contributed by atoms with Gasteiger partial charge in [-0.1, -0.05) is 42.5 Å². The van der Waals surface area contributed by atoms with Crippen LogP contribution in [-0.4, -0.2) is 30.5 Å². The van der Waals surface area contributed by atoms with Gasteiger partial charge in [0.2, 0.25) is 5.91 Å². The Morgan fingerprint density at radius 3 is 2.62 bits per heavy atom. The van der Waals surface area contributed by atoms with E-state index in [-0.39, 0.29) is 5.91 Å². The molecule has 1 aromatic heterocycles. The Balaban J connectivity index is 1.64. The Morgan fingerprint density at radius 1 is 1.03 bits per heavy atom. The number of ether oxygens (including phenoxy) is 1. The molecule has 4 aromatic rings. The second kappa shape index (κ2) is 8.54. The van der Waals surface area contributed by atoms with E-state index in [1.165, 1.54) is 10.8 Å². The van der Waals surface area contributed by atoms with Gasteiger partial charge in [-0.05, 0) is 54.7 Å². The van der Waals surface area contributed by atoms with E-state index < -0.39 is 0 Å². The molecule has 0 atom stereocenters. The first-order valence-electron chi connectivity index (χ1n) is 11.3. The molecule has 5 rings (SSSR count). The van der Waals surface area contributed by atoms with Gasteiger partial charge in [0.05, 0.1) is 12.9 Å². The van der Waals surface area contributed by atoms with Crippen molar-refractivity contribution >= 4 is 33.2 Å². The molecule has 1 fully saturated rings. The van der Waals surface area contributed by atoms with E-state index in [2.05, 4.69) is 48.5 Å². The molecule has 3 aromatic carbocycles. The lowest BCUT2D eigenvalue weighted by molar-refractivity contribution is -0.124. The highest BCUT2D eigenvalue weighted by Crippen LogP contribution is 2.39. The largest absolute Gasteiger partial charge is 0.493 e. The summed E-state index contributed by atoms with van der Waals surface area (Å²) in [5, 5.41) is 3.39. The summed E-state index contributed by atoms with van der Waals surface area (Å²) in [6, 6.07) is 18.7. The van der Waals surface area contributed by atoms with E-state index >= 15 is 0 Å². The maximum Gasteiger partial charge on any atom is 0.246 e. The number of likely N-dealkylation sites (tertiary alicyclic amines) is 1. The summed E-state index contributed by atoms with van der Waals surface area (Å²) in [6.45, 7) is 6.17. The molecule has 0 radical (unpaired) electrons. The average Bonchev–Trinajstić information content (AvgIpc) is 3.48. The van der Waals surface area contributed by atoms with Crippen molar-refractivity contribution in [1.29, 1.82) is 0 Å². The lowest BCUT2D eigenvalue weighted by Gasteiger charge is -2.15. The third kappa shape index (κ3) is 3.66. The number of carbonyl (C=O) groups excluding carboxylic acids is 1. The third-order valence-electron chi connectivity index (χ3n) is 6.24. The molecule has 162 valence electrons. The Labute approximate surface area is 188 Å². The van der Waals surface area contributed by atoms with Crippen molar-refractivity contribution in [2.24, 2.45) is 0 Å². The van der Waals surface area contributed by atoms with E-state index in [4.69, 9.17) is 9.15 Å². The van der Waals surface area contributed by atoms with Gasteiger partial charge < -0.3 is 14.1 Å². The van der Waals surface area contributed by atoms with Crippen molar-refractivity contribution in [3.8, 4) is 16.9 Å². The van der Waals surface area contributed by atoms with Crippen LogP contribution in [0, 0.1) is 0 Å². The third-order valence-corrected chi connectivity index (χ3v) is 6.24. The van der Waals surface area contributed by atoms with Crippen LogP contribution in [0.4, 0.5) is 0 Å². The quantitative estimate of drug-likeness (QED) is 0.335. The number of rotatable bonds is 5. The van der Waals surface area contributed by atoms with Gasteiger partial charge in [0.1, 0.15) is 11.3 Å². The van der Waals surface area contributed by atoms with Gasteiger partial charge in [-0.2, -0.15) is 0 Å². The summed E-state index contributed by atoms with van der Waals surface area (Å²) in [6.07, 6.45) is 5.73. The molecule has 0 unspecified atom stereocenters. The molecular formula is C28H27NO3. The van der Waals surface area contributed by atoms with E-state index in [0.29, 0.717) is 6.61 Å². The number of furan rings is 1. The number of benzene rings is 3. The SMILES string of the molecule is CCOc1cc2occ(-c3cccc4ccccc34)c2cc1/C(C)=C/C(=O)N1CCCC1. The van der Waals surface area contributed by atoms with Gasteiger partial charge >= 0.3 is 0 Å². The minimum atomic E-state index is 0.0732. The monoisotopic (exact) mass is 425 g/mol. The highest BCUT2D eigenvalue weighted by Gasteiger charge is 2.19. The number of carbonyl (C=O) groups is 1.